The molecule has 0 aliphatic carbocycles. The van der Waals surface area contributed by atoms with Crippen LogP contribution < -0.4 is 10.2 Å². The van der Waals surface area contributed by atoms with E-state index in [1.165, 1.54) is 18.4 Å². The van der Waals surface area contributed by atoms with Crippen molar-refractivity contribution >= 4 is 23.4 Å². The zero-order chi connectivity index (χ0) is 13.8. The summed E-state index contributed by atoms with van der Waals surface area (Å²) in [6, 6.07) is 8.33. The van der Waals surface area contributed by atoms with Crippen molar-refractivity contribution in [3.63, 3.8) is 0 Å². The number of hydrogen-bond acceptors (Lipinski definition) is 3. The molecule has 0 radical (unpaired) electrons. The first-order valence-electron chi connectivity index (χ1n) is 7.55. The molecule has 0 atom stereocenters. The van der Waals surface area contributed by atoms with Gasteiger partial charge in [0.05, 0.1) is 5.75 Å². The summed E-state index contributed by atoms with van der Waals surface area (Å²) >= 11 is 1.84. The van der Waals surface area contributed by atoms with Gasteiger partial charge in [-0.2, -0.15) is 0 Å². The molecule has 0 saturated carbocycles. The summed E-state index contributed by atoms with van der Waals surface area (Å²) in [5, 5.41) is 4.02. The number of para-hydroxylation sites is 1. The number of anilines is 1. The Bertz CT molecular complexity index is 471. The number of hydrogen-bond donors (Lipinski definition) is 1. The molecule has 1 aromatic carbocycles. The molecule has 0 aromatic heterocycles. The lowest BCUT2D eigenvalue weighted by atomic mass is 10.0. The minimum atomic E-state index is 0.278. The van der Waals surface area contributed by atoms with E-state index in [1.54, 1.807) is 0 Å². The Labute approximate surface area is 125 Å². The van der Waals surface area contributed by atoms with Crippen molar-refractivity contribution in [2.45, 2.75) is 30.9 Å². The summed E-state index contributed by atoms with van der Waals surface area (Å²) in [5.41, 5.74) is 2.45. The molecule has 1 amide bonds. The van der Waals surface area contributed by atoms with Crippen LogP contribution in [-0.2, 0) is 11.2 Å². The van der Waals surface area contributed by atoms with Crippen molar-refractivity contribution in [2.75, 3.05) is 30.3 Å². The molecule has 0 bridgehead atoms. The van der Waals surface area contributed by atoms with E-state index >= 15 is 0 Å². The Kier molecular flexibility index (Phi) is 4.63. The molecule has 3 rings (SSSR count). The number of piperidine rings is 1. The summed E-state index contributed by atoms with van der Waals surface area (Å²) in [4.78, 5) is 14.5. The van der Waals surface area contributed by atoms with Crippen LogP contribution in [0.4, 0.5) is 5.69 Å². The number of carbonyl (C=O) groups excluding carboxylic acids is 1. The minimum Gasteiger partial charge on any atom is -0.317 e. The average Bonchev–Trinajstić information content (AvgIpc) is 2.53. The van der Waals surface area contributed by atoms with E-state index in [1.807, 2.05) is 22.7 Å². The molecular formula is C16H22N2OS. The predicted molar refractivity (Wildman–Crippen MR) is 85.5 cm³/mol. The van der Waals surface area contributed by atoms with E-state index in [9.17, 15) is 4.79 Å². The highest BCUT2D eigenvalue weighted by molar-refractivity contribution is 8.00. The number of benzene rings is 1. The van der Waals surface area contributed by atoms with Crippen LogP contribution in [0.1, 0.15) is 24.8 Å². The quantitative estimate of drug-likeness (QED) is 0.928. The summed E-state index contributed by atoms with van der Waals surface area (Å²) in [6.45, 7) is 3.07. The summed E-state index contributed by atoms with van der Waals surface area (Å²) < 4.78 is 0. The van der Waals surface area contributed by atoms with Crippen molar-refractivity contribution < 1.29 is 4.79 Å². The van der Waals surface area contributed by atoms with Gasteiger partial charge in [-0.05, 0) is 50.4 Å². The van der Waals surface area contributed by atoms with Crippen LogP contribution in [0.2, 0.25) is 0 Å². The minimum absolute atomic E-state index is 0.278. The molecule has 108 valence electrons. The maximum absolute atomic E-state index is 12.5. The molecule has 2 aliphatic rings. The molecule has 1 N–H and O–H groups in total. The number of carbonyl (C=O) groups is 1. The molecule has 0 unspecified atom stereocenters. The second-order valence-corrected chi connectivity index (χ2v) is 6.83. The summed E-state index contributed by atoms with van der Waals surface area (Å²) in [5.74, 6) is 0.902. The fourth-order valence-electron chi connectivity index (χ4n) is 3.02. The van der Waals surface area contributed by atoms with Gasteiger partial charge >= 0.3 is 0 Å². The van der Waals surface area contributed by atoms with Gasteiger partial charge in [0.2, 0.25) is 5.91 Å². The Morgan fingerprint density at radius 1 is 1.30 bits per heavy atom. The van der Waals surface area contributed by atoms with Crippen molar-refractivity contribution in [3.05, 3.63) is 29.8 Å². The molecule has 1 saturated heterocycles. The van der Waals surface area contributed by atoms with Crippen molar-refractivity contribution in [2.24, 2.45) is 0 Å². The Morgan fingerprint density at radius 2 is 2.10 bits per heavy atom. The second kappa shape index (κ2) is 6.64. The van der Waals surface area contributed by atoms with Crippen LogP contribution in [0.25, 0.3) is 0 Å². The molecule has 20 heavy (non-hydrogen) atoms. The van der Waals surface area contributed by atoms with Crippen LogP contribution in [-0.4, -0.2) is 36.5 Å². The number of thioether (sulfide) groups is 1. The number of amides is 1. The van der Waals surface area contributed by atoms with Gasteiger partial charge in [0, 0.05) is 17.5 Å². The number of nitrogens with zero attached hydrogens (tertiary/aromatic N) is 1. The average molecular weight is 290 g/mol. The molecule has 3 nitrogen and oxygen atoms in total. The highest BCUT2D eigenvalue weighted by atomic mass is 32.2. The van der Waals surface area contributed by atoms with Crippen LogP contribution >= 0.6 is 11.8 Å². The SMILES string of the molecule is O=C(CSC1CCNCC1)N1CCCc2ccccc21. The standard InChI is InChI=1S/C16H22N2OS/c19-16(12-20-14-7-9-17-10-8-14)18-11-3-5-13-4-1-2-6-15(13)18/h1-2,4,6,14,17H,3,5,7-12H2. The van der Waals surface area contributed by atoms with Crippen LogP contribution in [0.3, 0.4) is 0 Å². The van der Waals surface area contributed by atoms with E-state index in [4.69, 9.17) is 0 Å². The number of fused-ring (bicyclic) bond motifs is 1. The molecule has 0 spiro atoms. The fraction of sp³-hybridized carbons (Fsp3) is 0.562. The fourth-order valence-corrected chi connectivity index (χ4v) is 4.12. The van der Waals surface area contributed by atoms with Gasteiger partial charge in [0.15, 0.2) is 0 Å². The van der Waals surface area contributed by atoms with E-state index < -0.39 is 0 Å². The predicted octanol–water partition coefficient (Wildman–Crippen LogP) is 2.45. The van der Waals surface area contributed by atoms with Crippen molar-refractivity contribution in [1.82, 2.24) is 5.32 Å². The van der Waals surface area contributed by atoms with Crippen molar-refractivity contribution in [3.8, 4) is 0 Å². The van der Waals surface area contributed by atoms with E-state index in [-0.39, 0.29) is 5.91 Å². The lowest BCUT2D eigenvalue weighted by molar-refractivity contribution is -0.116. The van der Waals surface area contributed by atoms with Gasteiger partial charge in [0.25, 0.3) is 0 Å². The van der Waals surface area contributed by atoms with Crippen LogP contribution in [0.5, 0.6) is 0 Å². The monoisotopic (exact) mass is 290 g/mol. The summed E-state index contributed by atoms with van der Waals surface area (Å²) in [6.07, 6.45) is 4.56. The van der Waals surface area contributed by atoms with E-state index in [0.29, 0.717) is 11.0 Å². The zero-order valence-corrected chi connectivity index (χ0v) is 12.6. The maximum atomic E-state index is 12.5. The maximum Gasteiger partial charge on any atom is 0.236 e. The molecule has 2 heterocycles. The normalized spacial score (nSPS) is 19.7. The van der Waals surface area contributed by atoms with Gasteiger partial charge in [-0.15, -0.1) is 11.8 Å². The smallest absolute Gasteiger partial charge is 0.236 e. The number of nitrogens with one attached hydrogen (secondary N) is 1. The highest BCUT2D eigenvalue weighted by Gasteiger charge is 2.23. The second-order valence-electron chi connectivity index (χ2n) is 5.54. The Morgan fingerprint density at radius 3 is 2.95 bits per heavy atom. The molecule has 4 heteroatoms. The van der Waals surface area contributed by atoms with Gasteiger partial charge in [0.1, 0.15) is 0 Å². The lowest BCUT2D eigenvalue weighted by Gasteiger charge is -2.30. The van der Waals surface area contributed by atoms with Crippen LogP contribution in [0, 0.1) is 0 Å². The van der Waals surface area contributed by atoms with Gasteiger partial charge in [-0.25, -0.2) is 0 Å². The number of rotatable bonds is 3. The van der Waals surface area contributed by atoms with Crippen LogP contribution in [0.15, 0.2) is 24.3 Å². The van der Waals surface area contributed by atoms with E-state index in [2.05, 4.69) is 23.5 Å². The van der Waals surface area contributed by atoms with Gasteiger partial charge in [-0.3, -0.25) is 4.79 Å². The largest absolute Gasteiger partial charge is 0.317 e. The first-order chi connectivity index (χ1) is 9.84. The third-order valence-corrected chi connectivity index (χ3v) is 5.50. The first kappa shape index (κ1) is 14.0. The van der Waals surface area contributed by atoms with E-state index in [0.717, 1.165) is 38.2 Å². The third-order valence-electron chi connectivity index (χ3n) is 4.14. The van der Waals surface area contributed by atoms with Gasteiger partial charge in [-0.1, -0.05) is 18.2 Å². The Balaban J connectivity index is 1.60. The number of aryl methyl sites for hydroxylation is 1. The van der Waals surface area contributed by atoms with Gasteiger partial charge < -0.3 is 10.2 Å². The molecule has 1 aromatic rings. The molecule has 1 fully saturated rings. The summed E-state index contributed by atoms with van der Waals surface area (Å²) in [7, 11) is 0. The third kappa shape index (κ3) is 3.18. The molecular weight excluding hydrogens is 268 g/mol. The topological polar surface area (TPSA) is 32.3 Å². The van der Waals surface area contributed by atoms with Crippen molar-refractivity contribution in [1.29, 1.82) is 0 Å². The molecule has 2 aliphatic heterocycles. The highest BCUT2D eigenvalue weighted by Crippen LogP contribution is 2.28. The first-order valence-corrected chi connectivity index (χ1v) is 8.60. The zero-order valence-electron chi connectivity index (χ0n) is 11.8. The Hall–Kier alpha value is -1.00. The lowest BCUT2D eigenvalue weighted by Crippen LogP contribution is -2.37.